The molecule has 1 aromatic heterocycles. The molecule has 6 heteroatoms. The van der Waals surface area contributed by atoms with Gasteiger partial charge in [-0.25, -0.2) is 9.78 Å². The average molecular weight is 393 g/mol. The van der Waals surface area contributed by atoms with E-state index in [1.54, 1.807) is 4.90 Å². The lowest BCUT2D eigenvalue weighted by atomic mass is 9.96. The molecule has 0 radical (unpaired) electrons. The molecule has 29 heavy (non-hydrogen) atoms. The third kappa shape index (κ3) is 3.71. The number of benzene rings is 1. The van der Waals surface area contributed by atoms with Crippen molar-refractivity contribution in [2.24, 2.45) is 5.92 Å². The molecule has 3 heterocycles. The Kier molecular flexibility index (Phi) is 5.26. The Morgan fingerprint density at radius 3 is 2.79 bits per heavy atom. The van der Waals surface area contributed by atoms with E-state index in [-0.39, 0.29) is 18.0 Å². The number of hydrogen-bond acceptors (Lipinski definition) is 3. The number of anilines is 2. The van der Waals surface area contributed by atoms with E-state index in [0.717, 1.165) is 48.3 Å². The number of carbonyl (C=O) groups is 2. The molecule has 1 unspecified atom stereocenters. The predicted molar refractivity (Wildman–Crippen MR) is 114 cm³/mol. The Balaban J connectivity index is 1.65. The molecule has 0 bridgehead atoms. The second kappa shape index (κ2) is 7.85. The number of carbonyl (C=O) groups excluding carboxylic acids is 2. The normalized spacial score (nSPS) is 17.9. The largest absolute Gasteiger partial charge is 0.331 e. The number of hydrogen-bond donors (Lipinski definition) is 1. The summed E-state index contributed by atoms with van der Waals surface area (Å²) in [4.78, 5) is 34.3. The number of piperidine rings is 1. The van der Waals surface area contributed by atoms with Crippen molar-refractivity contribution in [3.8, 4) is 0 Å². The lowest BCUT2D eigenvalue weighted by molar-refractivity contribution is 0.0672. The molecule has 1 atom stereocenters. The molecule has 6 nitrogen and oxygen atoms in total. The minimum absolute atomic E-state index is 0.0680. The first kappa shape index (κ1) is 19.4. The fraction of sp³-hybridized carbons (Fsp3) is 0.435. The van der Waals surface area contributed by atoms with Crippen LogP contribution in [0.5, 0.6) is 0 Å². The second-order valence-corrected chi connectivity index (χ2v) is 8.35. The standard InChI is InChI=1S/C23H28N4O2/c1-15(2)14-27(20-12-6-8-16(3)24-20)23(29)25-18-10-7-9-17-21(18)19-11-4-5-13-26(19)22(17)28/h6-10,12,15,19H,4-5,11,13-14H2,1-3H3,(H,25,29). The molecule has 0 saturated carbocycles. The Morgan fingerprint density at radius 1 is 1.24 bits per heavy atom. The van der Waals surface area contributed by atoms with Crippen LogP contribution in [-0.2, 0) is 0 Å². The molecule has 4 rings (SSSR count). The van der Waals surface area contributed by atoms with Crippen molar-refractivity contribution in [2.45, 2.75) is 46.1 Å². The number of rotatable bonds is 4. The lowest BCUT2D eigenvalue weighted by Gasteiger charge is -2.31. The number of urea groups is 1. The highest BCUT2D eigenvalue weighted by Crippen LogP contribution is 2.43. The van der Waals surface area contributed by atoms with Crippen LogP contribution in [0, 0.1) is 12.8 Å². The van der Waals surface area contributed by atoms with Crippen molar-refractivity contribution >= 4 is 23.4 Å². The number of amides is 3. The van der Waals surface area contributed by atoms with Crippen molar-refractivity contribution in [2.75, 3.05) is 23.3 Å². The van der Waals surface area contributed by atoms with Crippen molar-refractivity contribution in [3.05, 3.63) is 53.2 Å². The summed E-state index contributed by atoms with van der Waals surface area (Å²) in [6.45, 7) is 7.43. The summed E-state index contributed by atoms with van der Waals surface area (Å²) < 4.78 is 0. The fourth-order valence-corrected chi connectivity index (χ4v) is 4.36. The Labute approximate surface area is 171 Å². The van der Waals surface area contributed by atoms with Gasteiger partial charge < -0.3 is 10.2 Å². The maximum Gasteiger partial charge on any atom is 0.327 e. The molecule has 1 fully saturated rings. The highest BCUT2D eigenvalue weighted by atomic mass is 16.2. The molecule has 3 amide bonds. The Bertz CT molecular complexity index is 940. The van der Waals surface area contributed by atoms with Crippen LogP contribution >= 0.6 is 0 Å². The summed E-state index contributed by atoms with van der Waals surface area (Å²) in [5.41, 5.74) is 3.29. The minimum Gasteiger partial charge on any atom is -0.331 e. The average Bonchev–Trinajstić information content (AvgIpc) is 3.00. The van der Waals surface area contributed by atoms with Gasteiger partial charge in [0.2, 0.25) is 0 Å². The van der Waals surface area contributed by atoms with Gasteiger partial charge in [-0.1, -0.05) is 26.0 Å². The molecule has 0 spiro atoms. The van der Waals surface area contributed by atoms with Gasteiger partial charge in [0.15, 0.2) is 0 Å². The fourth-order valence-electron chi connectivity index (χ4n) is 4.36. The quantitative estimate of drug-likeness (QED) is 0.815. The number of nitrogens with one attached hydrogen (secondary N) is 1. The SMILES string of the molecule is Cc1cccc(N(CC(C)C)C(=O)Nc2cccc3c2C2CCCCN2C3=O)n1. The van der Waals surface area contributed by atoms with Crippen molar-refractivity contribution < 1.29 is 9.59 Å². The molecule has 1 aromatic carbocycles. The second-order valence-electron chi connectivity index (χ2n) is 8.35. The van der Waals surface area contributed by atoms with Crippen LogP contribution in [0.3, 0.4) is 0 Å². The maximum absolute atomic E-state index is 13.3. The maximum atomic E-state index is 13.3. The van der Waals surface area contributed by atoms with Crippen molar-refractivity contribution in [3.63, 3.8) is 0 Å². The van der Waals surface area contributed by atoms with E-state index in [9.17, 15) is 9.59 Å². The van der Waals surface area contributed by atoms with E-state index in [1.165, 1.54) is 0 Å². The predicted octanol–water partition coefficient (Wildman–Crippen LogP) is 4.77. The molecular formula is C23H28N4O2. The van der Waals surface area contributed by atoms with Crippen molar-refractivity contribution in [1.82, 2.24) is 9.88 Å². The van der Waals surface area contributed by atoms with E-state index in [1.807, 2.05) is 48.2 Å². The molecule has 1 saturated heterocycles. The summed E-state index contributed by atoms with van der Waals surface area (Å²) in [5, 5.41) is 3.09. The van der Waals surface area contributed by atoms with E-state index >= 15 is 0 Å². The lowest BCUT2D eigenvalue weighted by Crippen LogP contribution is -2.38. The number of aromatic nitrogens is 1. The zero-order chi connectivity index (χ0) is 20.5. The highest BCUT2D eigenvalue weighted by Gasteiger charge is 2.39. The summed E-state index contributed by atoms with van der Waals surface area (Å²) in [6, 6.07) is 11.2. The summed E-state index contributed by atoms with van der Waals surface area (Å²) in [6.07, 6.45) is 3.09. The van der Waals surface area contributed by atoms with Gasteiger partial charge in [0.25, 0.3) is 5.91 Å². The van der Waals surface area contributed by atoms with Crippen LogP contribution in [0.15, 0.2) is 36.4 Å². The zero-order valence-corrected chi connectivity index (χ0v) is 17.3. The Hall–Kier alpha value is -2.89. The zero-order valence-electron chi connectivity index (χ0n) is 17.3. The molecule has 1 N–H and O–H groups in total. The van der Waals surface area contributed by atoms with Crippen LogP contribution in [0.4, 0.5) is 16.3 Å². The number of aryl methyl sites for hydroxylation is 1. The summed E-state index contributed by atoms with van der Waals surface area (Å²) >= 11 is 0. The van der Waals surface area contributed by atoms with Crippen LogP contribution in [0.25, 0.3) is 0 Å². The van der Waals surface area contributed by atoms with Crippen LogP contribution in [0.1, 0.15) is 60.8 Å². The number of fused-ring (bicyclic) bond motifs is 3. The first-order valence-corrected chi connectivity index (χ1v) is 10.4. The molecule has 2 aliphatic rings. The van der Waals surface area contributed by atoms with Gasteiger partial charge in [-0.15, -0.1) is 0 Å². The molecule has 152 valence electrons. The number of nitrogens with zero attached hydrogens (tertiary/aromatic N) is 3. The first-order valence-electron chi connectivity index (χ1n) is 10.4. The molecule has 2 aliphatic heterocycles. The van der Waals surface area contributed by atoms with Gasteiger partial charge in [-0.05, 0) is 56.4 Å². The van der Waals surface area contributed by atoms with E-state index in [0.29, 0.717) is 18.3 Å². The van der Waals surface area contributed by atoms with Gasteiger partial charge >= 0.3 is 6.03 Å². The van der Waals surface area contributed by atoms with Gasteiger partial charge in [0.1, 0.15) is 5.82 Å². The van der Waals surface area contributed by atoms with Crippen LogP contribution in [0.2, 0.25) is 0 Å². The van der Waals surface area contributed by atoms with E-state index in [2.05, 4.69) is 24.1 Å². The summed E-state index contributed by atoms with van der Waals surface area (Å²) in [5.74, 6) is 1.01. The van der Waals surface area contributed by atoms with Crippen molar-refractivity contribution in [1.29, 1.82) is 0 Å². The Morgan fingerprint density at radius 2 is 2.03 bits per heavy atom. The first-order chi connectivity index (χ1) is 14.0. The molecule has 2 aromatic rings. The molecular weight excluding hydrogens is 364 g/mol. The third-order valence-corrected chi connectivity index (χ3v) is 5.62. The van der Waals surface area contributed by atoms with Crippen LogP contribution < -0.4 is 10.2 Å². The smallest absolute Gasteiger partial charge is 0.327 e. The van der Waals surface area contributed by atoms with Gasteiger partial charge in [-0.2, -0.15) is 0 Å². The van der Waals surface area contributed by atoms with E-state index in [4.69, 9.17) is 0 Å². The number of pyridine rings is 1. The monoisotopic (exact) mass is 392 g/mol. The minimum atomic E-state index is -0.216. The topological polar surface area (TPSA) is 65.5 Å². The summed E-state index contributed by atoms with van der Waals surface area (Å²) in [7, 11) is 0. The third-order valence-electron chi connectivity index (χ3n) is 5.62. The highest BCUT2D eigenvalue weighted by molar-refractivity contribution is 6.05. The van der Waals surface area contributed by atoms with Gasteiger partial charge in [-0.3, -0.25) is 9.69 Å². The molecule has 0 aliphatic carbocycles. The van der Waals surface area contributed by atoms with E-state index < -0.39 is 0 Å². The van der Waals surface area contributed by atoms with Gasteiger partial charge in [0, 0.05) is 35.6 Å². The van der Waals surface area contributed by atoms with Gasteiger partial charge in [0.05, 0.1) is 6.04 Å². The van der Waals surface area contributed by atoms with Crippen LogP contribution in [-0.4, -0.2) is 34.9 Å².